The Morgan fingerprint density at radius 2 is 1.09 bits per heavy atom. The molecule has 0 aliphatic heterocycles. The van der Waals surface area contributed by atoms with E-state index in [9.17, 15) is 4.79 Å². The van der Waals surface area contributed by atoms with Crippen molar-refractivity contribution in [3.63, 3.8) is 0 Å². The van der Waals surface area contributed by atoms with Gasteiger partial charge in [-0.1, -0.05) is 60.7 Å². The maximum Gasteiger partial charge on any atom is 0.185 e. The zero-order chi connectivity index (χ0) is 14.5. The van der Waals surface area contributed by atoms with Crippen molar-refractivity contribution >= 4 is 30.3 Å². The van der Waals surface area contributed by atoms with E-state index in [1.165, 1.54) is 0 Å². The molecule has 0 heterocycles. The van der Waals surface area contributed by atoms with Crippen molar-refractivity contribution in [2.75, 3.05) is 0 Å². The number of carbonyl (C=O) groups is 1. The first-order valence-corrected chi connectivity index (χ1v) is 7.39. The summed E-state index contributed by atoms with van der Waals surface area (Å²) in [5.74, 6) is 0.203. The van der Waals surface area contributed by atoms with Crippen LogP contribution < -0.4 is 0 Å². The van der Waals surface area contributed by atoms with Crippen LogP contribution in [0.15, 0.2) is 71.8 Å². The van der Waals surface area contributed by atoms with Crippen LogP contribution in [-0.2, 0) is 4.79 Å². The summed E-state index contributed by atoms with van der Waals surface area (Å²) in [5, 5.41) is 0. The van der Waals surface area contributed by atoms with Crippen molar-refractivity contribution in [2.45, 2.75) is 19.3 Å². The predicted octanol–water partition coefficient (Wildman–Crippen LogP) is 5.33. The summed E-state index contributed by atoms with van der Waals surface area (Å²) in [5.41, 5.74) is 4.05. The van der Waals surface area contributed by atoms with Crippen LogP contribution >= 0.6 is 12.4 Å². The summed E-state index contributed by atoms with van der Waals surface area (Å²) in [6.45, 7) is 0. The SMILES string of the molecule is Cl.O=C1/C(=C\c2ccccc2)CCC/C1=C\c1ccccc1. The van der Waals surface area contributed by atoms with Gasteiger partial charge in [-0.05, 0) is 42.5 Å². The van der Waals surface area contributed by atoms with E-state index in [4.69, 9.17) is 0 Å². The maximum atomic E-state index is 12.6. The van der Waals surface area contributed by atoms with Crippen LogP contribution in [0, 0.1) is 0 Å². The first-order valence-electron chi connectivity index (χ1n) is 7.39. The summed E-state index contributed by atoms with van der Waals surface area (Å²) in [4.78, 5) is 12.6. The Labute approximate surface area is 137 Å². The van der Waals surface area contributed by atoms with Crippen molar-refractivity contribution < 1.29 is 4.79 Å². The lowest BCUT2D eigenvalue weighted by atomic mass is 9.87. The van der Waals surface area contributed by atoms with E-state index in [1.54, 1.807) is 0 Å². The van der Waals surface area contributed by atoms with Crippen molar-refractivity contribution in [1.29, 1.82) is 0 Å². The second-order valence-electron chi connectivity index (χ2n) is 5.34. The largest absolute Gasteiger partial charge is 0.289 e. The van der Waals surface area contributed by atoms with Gasteiger partial charge in [0.05, 0.1) is 0 Å². The van der Waals surface area contributed by atoms with Crippen LogP contribution in [0.25, 0.3) is 12.2 Å². The Bertz CT molecular complexity index is 625. The van der Waals surface area contributed by atoms with Gasteiger partial charge in [-0.2, -0.15) is 0 Å². The zero-order valence-electron chi connectivity index (χ0n) is 12.4. The van der Waals surface area contributed by atoms with E-state index in [-0.39, 0.29) is 18.2 Å². The van der Waals surface area contributed by atoms with E-state index >= 15 is 0 Å². The standard InChI is InChI=1S/C20H18O.ClH/c21-20-18(14-16-8-3-1-4-9-16)12-7-13-19(20)15-17-10-5-2-6-11-17;/h1-6,8-11,14-15H,7,12-13H2;1H/b18-14-,19-15+;. The van der Waals surface area contributed by atoms with Crippen molar-refractivity contribution in [2.24, 2.45) is 0 Å². The van der Waals surface area contributed by atoms with Gasteiger partial charge in [0.15, 0.2) is 5.78 Å². The van der Waals surface area contributed by atoms with Crippen LogP contribution in [0.4, 0.5) is 0 Å². The summed E-state index contributed by atoms with van der Waals surface area (Å²) < 4.78 is 0. The van der Waals surface area contributed by atoms with Crippen LogP contribution in [0.2, 0.25) is 0 Å². The molecule has 0 radical (unpaired) electrons. The van der Waals surface area contributed by atoms with Gasteiger partial charge < -0.3 is 0 Å². The minimum atomic E-state index is 0. The normalized spacial score (nSPS) is 18.3. The van der Waals surface area contributed by atoms with Crippen LogP contribution in [0.1, 0.15) is 30.4 Å². The third kappa shape index (κ3) is 3.96. The molecule has 1 aliphatic rings. The minimum absolute atomic E-state index is 0. The molecule has 0 unspecified atom stereocenters. The van der Waals surface area contributed by atoms with E-state index < -0.39 is 0 Å². The molecule has 0 bridgehead atoms. The number of halogens is 1. The second kappa shape index (κ2) is 7.77. The number of rotatable bonds is 2. The molecule has 1 fully saturated rings. The highest BCUT2D eigenvalue weighted by Crippen LogP contribution is 2.27. The molecule has 0 amide bonds. The Morgan fingerprint density at radius 1 is 0.682 bits per heavy atom. The highest BCUT2D eigenvalue weighted by molar-refractivity contribution is 6.13. The molecular weight excluding hydrogens is 292 g/mol. The van der Waals surface area contributed by atoms with E-state index in [0.29, 0.717) is 0 Å². The molecule has 0 saturated heterocycles. The summed E-state index contributed by atoms with van der Waals surface area (Å²) in [6.07, 6.45) is 6.85. The first kappa shape index (κ1) is 16.3. The lowest BCUT2D eigenvalue weighted by molar-refractivity contribution is -0.112. The molecule has 2 aromatic carbocycles. The van der Waals surface area contributed by atoms with Crippen LogP contribution in [0.3, 0.4) is 0 Å². The Kier molecular flexibility index (Phi) is 5.74. The van der Waals surface area contributed by atoms with Crippen molar-refractivity contribution in [3.8, 4) is 0 Å². The number of allylic oxidation sites excluding steroid dienone is 2. The van der Waals surface area contributed by atoms with Gasteiger partial charge in [0.25, 0.3) is 0 Å². The van der Waals surface area contributed by atoms with Gasteiger partial charge in [0.1, 0.15) is 0 Å². The Morgan fingerprint density at radius 3 is 1.50 bits per heavy atom. The van der Waals surface area contributed by atoms with Crippen molar-refractivity contribution in [3.05, 3.63) is 82.9 Å². The molecule has 2 aromatic rings. The number of carbonyl (C=O) groups excluding carboxylic acids is 1. The molecule has 22 heavy (non-hydrogen) atoms. The minimum Gasteiger partial charge on any atom is -0.289 e. The van der Waals surface area contributed by atoms with Gasteiger partial charge in [-0.3, -0.25) is 4.79 Å². The fourth-order valence-electron chi connectivity index (χ4n) is 2.68. The quantitative estimate of drug-likeness (QED) is 0.685. The number of hydrogen-bond donors (Lipinski definition) is 0. The highest BCUT2D eigenvalue weighted by atomic mass is 35.5. The zero-order valence-corrected chi connectivity index (χ0v) is 13.2. The van der Waals surface area contributed by atoms with Crippen LogP contribution in [-0.4, -0.2) is 5.78 Å². The topological polar surface area (TPSA) is 17.1 Å². The third-order valence-electron chi connectivity index (χ3n) is 3.76. The fraction of sp³-hybridized carbons (Fsp3) is 0.150. The molecular formula is C20H19ClO. The molecule has 1 saturated carbocycles. The smallest absolute Gasteiger partial charge is 0.185 e. The van der Waals surface area contributed by atoms with Gasteiger partial charge in [-0.25, -0.2) is 0 Å². The number of benzene rings is 2. The summed E-state index contributed by atoms with van der Waals surface area (Å²) in [7, 11) is 0. The maximum absolute atomic E-state index is 12.6. The number of ketones is 1. The first-order chi connectivity index (χ1) is 10.3. The summed E-state index contributed by atoms with van der Waals surface area (Å²) in [6, 6.07) is 20.1. The van der Waals surface area contributed by atoms with E-state index in [0.717, 1.165) is 41.5 Å². The van der Waals surface area contributed by atoms with E-state index in [2.05, 4.69) is 0 Å². The lowest BCUT2D eigenvalue weighted by Gasteiger charge is -2.16. The Hall–Kier alpha value is -2.12. The molecule has 1 aliphatic carbocycles. The molecule has 0 aromatic heterocycles. The average Bonchev–Trinajstić information content (AvgIpc) is 2.53. The van der Waals surface area contributed by atoms with Crippen LogP contribution in [0.5, 0.6) is 0 Å². The fourth-order valence-corrected chi connectivity index (χ4v) is 2.68. The number of Topliss-reactive ketones (excluding diaryl/α,β-unsaturated/α-hetero) is 1. The Balaban J connectivity index is 0.00000176. The molecule has 0 N–H and O–H groups in total. The highest BCUT2D eigenvalue weighted by Gasteiger charge is 2.20. The van der Waals surface area contributed by atoms with Gasteiger partial charge in [0, 0.05) is 11.1 Å². The molecule has 3 rings (SSSR count). The average molecular weight is 311 g/mol. The molecule has 2 heteroatoms. The predicted molar refractivity (Wildman–Crippen MR) is 94.9 cm³/mol. The van der Waals surface area contributed by atoms with Gasteiger partial charge in [0.2, 0.25) is 0 Å². The lowest BCUT2D eigenvalue weighted by Crippen LogP contribution is -2.12. The molecule has 0 atom stereocenters. The van der Waals surface area contributed by atoms with Gasteiger partial charge in [-0.15, -0.1) is 12.4 Å². The molecule has 112 valence electrons. The second-order valence-corrected chi connectivity index (χ2v) is 5.34. The molecule has 0 spiro atoms. The van der Waals surface area contributed by atoms with E-state index in [1.807, 2.05) is 72.8 Å². The number of hydrogen-bond acceptors (Lipinski definition) is 1. The summed E-state index contributed by atoms with van der Waals surface area (Å²) >= 11 is 0. The van der Waals surface area contributed by atoms with Gasteiger partial charge >= 0.3 is 0 Å². The monoisotopic (exact) mass is 310 g/mol. The van der Waals surface area contributed by atoms with Crippen molar-refractivity contribution in [1.82, 2.24) is 0 Å². The molecule has 1 nitrogen and oxygen atoms in total. The third-order valence-corrected chi connectivity index (χ3v) is 3.76.